The molecule has 0 spiro atoms. The standard InChI is InChI=1S/C30H31F6NO3S/c1-2-19-38-25-9-3-21(4-10-25)20-37-17-15-24(16-18-37)28(41,22-5-11-26(12-6-22)39-29(31,32)33)23-7-13-27(14-8-23)40-30(34,35)36/h3-14,24,41H,2,15-20H2,1H3. The Labute approximate surface area is 240 Å². The molecule has 0 N–H and O–H groups in total. The molecular weight excluding hydrogens is 568 g/mol. The van der Waals surface area contributed by atoms with Gasteiger partial charge in [-0.15, -0.1) is 26.3 Å². The summed E-state index contributed by atoms with van der Waals surface area (Å²) in [5.74, 6) is 0.0294. The second kappa shape index (κ2) is 12.9. The van der Waals surface area contributed by atoms with Gasteiger partial charge in [-0.2, -0.15) is 12.6 Å². The molecule has 0 unspecified atom stereocenters. The van der Waals surface area contributed by atoms with Crippen molar-refractivity contribution in [3.8, 4) is 17.2 Å². The molecule has 1 fully saturated rings. The molecule has 1 heterocycles. The van der Waals surface area contributed by atoms with Gasteiger partial charge in [0, 0.05) is 6.54 Å². The number of hydrogen-bond acceptors (Lipinski definition) is 5. The van der Waals surface area contributed by atoms with Crippen molar-refractivity contribution in [3.63, 3.8) is 0 Å². The SMILES string of the molecule is CCCOc1ccc(CN2CCC(C(S)(c3ccc(OC(F)(F)F)cc3)c3ccc(OC(F)(F)F)cc3)CC2)cc1. The predicted octanol–water partition coefficient (Wildman–Crippen LogP) is 8.36. The van der Waals surface area contributed by atoms with E-state index < -0.39 is 17.5 Å². The third-order valence-corrected chi connectivity index (χ3v) is 7.92. The molecule has 0 aliphatic carbocycles. The van der Waals surface area contributed by atoms with E-state index in [1.54, 1.807) is 0 Å². The van der Waals surface area contributed by atoms with Gasteiger partial charge in [0.15, 0.2) is 0 Å². The first-order valence-electron chi connectivity index (χ1n) is 13.2. The van der Waals surface area contributed by atoms with Gasteiger partial charge < -0.3 is 14.2 Å². The van der Waals surface area contributed by atoms with Crippen LogP contribution in [-0.2, 0) is 11.3 Å². The minimum absolute atomic E-state index is 0.0596. The lowest BCUT2D eigenvalue weighted by Crippen LogP contribution is -2.41. The Morgan fingerprint density at radius 2 is 1.15 bits per heavy atom. The van der Waals surface area contributed by atoms with Crippen molar-refractivity contribution in [2.45, 2.75) is 50.2 Å². The Hall–Kier alpha value is -3.05. The van der Waals surface area contributed by atoms with Gasteiger partial charge in [0.1, 0.15) is 17.2 Å². The lowest BCUT2D eigenvalue weighted by atomic mass is 9.75. The van der Waals surface area contributed by atoms with E-state index in [2.05, 4.69) is 14.4 Å². The number of thiol groups is 1. The third kappa shape index (κ3) is 8.48. The van der Waals surface area contributed by atoms with Gasteiger partial charge in [-0.3, -0.25) is 4.90 Å². The number of rotatable bonds is 10. The molecule has 3 aromatic carbocycles. The molecular formula is C30H31F6NO3S. The number of ether oxygens (including phenoxy) is 3. The van der Waals surface area contributed by atoms with Crippen LogP contribution in [-0.4, -0.2) is 37.3 Å². The number of likely N-dealkylation sites (tertiary alicyclic amines) is 1. The number of halogens is 6. The largest absolute Gasteiger partial charge is 0.573 e. The fourth-order valence-corrected chi connectivity index (χ4v) is 5.69. The molecule has 41 heavy (non-hydrogen) atoms. The van der Waals surface area contributed by atoms with E-state index in [9.17, 15) is 26.3 Å². The molecule has 0 atom stereocenters. The van der Waals surface area contributed by atoms with Crippen molar-refractivity contribution in [1.29, 1.82) is 0 Å². The molecule has 1 aliphatic rings. The first-order chi connectivity index (χ1) is 19.4. The van der Waals surface area contributed by atoms with E-state index in [0.29, 0.717) is 30.6 Å². The molecule has 1 aliphatic heterocycles. The third-order valence-electron chi connectivity index (χ3n) is 7.04. The zero-order valence-corrected chi connectivity index (χ0v) is 23.2. The zero-order chi connectivity index (χ0) is 29.7. The summed E-state index contributed by atoms with van der Waals surface area (Å²) in [4.78, 5) is 2.31. The highest BCUT2D eigenvalue weighted by Gasteiger charge is 2.41. The van der Waals surface area contributed by atoms with Crippen LogP contribution in [0.4, 0.5) is 26.3 Å². The van der Waals surface area contributed by atoms with Gasteiger partial charge in [-0.1, -0.05) is 43.3 Å². The summed E-state index contributed by atoms with van der Waals surface area (Å²) in [5, 5.41) is 0. The molecule has 0 radical (unpaired) electrons. The van der Waals surface area contributed by atoms with Crippen LogP contribution in [0.1, 0.15) is 42.9 Å². The minimum atomic E-state index is -4.83. The second-order valence-electron chi connectivity index (χ2n) is 9.95. The van der Waals surface area contributed by atoms with Crippen LogP contribution in [0.2, 0.25) is 0 Å². The molecule has 0 saturated carbocycles. The molecule has 4 rings (SSSR count). The van der Waals surface area contributed by atoms with Crippen LogP contribution < -0.4 is 14.2 Å². The maximum Gasteiger partial charge on any atom is 0.573 e. The summed E-state index contributed by atoms with van der Waals surface area (Å²) in [6.07, 6.45) is -7.31. The quantitative estimate of drug-likeness (QED) is 0.188. The van der Waals surface area contributed by atoms with E-state index >= 15 is 0 Å². The van der Waals surface area contributed by atoms with Crippen molar-refractivity contribution < 1.29 is 40.6 Å². The van der Waals surface area contributed by atoms with Crippen molar-refractivity contribution >= 4 is 12.6 Å². The molecule has 0 amide bonds. The summed E-state index contributed by atoms with van der Waals surface area (Å²) in [6.45, 7) is 4.94. The first-order valence-corrected chi connectivity index (χ1v) is 13.7. The van der Waals surface area contributed by atoms with E-state index in [-0.39, 0.29) is 17.4 Å². The maximum absolute atomic E-state index is 12.7. The highest BCUT2D eigenvalue weighted by Crippen LogP contribution is 2.48. The van der Waals surface area contributed by atoms with Gasteiger partial charge in [-0.05, 0) is 91.4 Å². The van der Waals surface area contributed by atoms with Gasteiger partial charge in [0.2, 0.25) is 0 Å². The summed E-state index contributed by atoms with van der Waals surface area (Å²) >= 11 is 5.09. The van der Waals surface area contributed by atoms with Gasteiger partial charge in [0.05, 0.1) is 11.4 Å². The molecule has 4 nitrogen and oxygen atoms in total. The van der Waals surface area contributed by atoms with Crippen LogP contribution in [0, 0.1) is 5.92 Å². The Morgan fingerprint density at radius 1 is 0.707 bits per heavy atom. The number of hydrogen-bond donors (Lipinski definition) is 1. The molecule has 3 aromatic rings. The van der Waals surface area contributed by atoms with Gasteiger partial charge >= 0.3 is 12.7 Å². The minimum Gasteiger partial charge on any atom is -0.494 e. The second-order valence-corrected chi connectivity index (χ2v) is 10.7. The Morgan fingerprint density at radius 3 is 1.56 bits per heavy atom. The Balaban J connectivity index is 1.53. The summed E-state index contributed by atoms with van der Waals surface area (Å²) in [7, 11) is 0. The molecule has 222 valence electrons. The number of alkyl halides is 6. The summed E-state index contributed by atoms with van der Waals surface area (Å²) in [5.41, 5.74) is 2.37. The van der Waals surface area contributed by atoms with Crippen molar-refractivity contribution in [2.75, 3.05) is 19.7 Å². The van der Waals surface area contributed by atoms with Crippen LogP contribution in [0.25, 0.3) is 0 Å². The number of piperidine rings is 1. The molecule has 1 saturated heterocycles. The summed E-state index contributed by atoms with van der Waals surface area (Å²) < 4.78 is 88.9. The average Bonchev–Trinajstić information content (AvgIpc) is 2.92. The fourth-order valence-electron chi connectivity index (χ4n) is 5.14. The highest BCUT2D eigenvalue weighted by atomic mass is 32.1. The first kappa shape index (κ1) is 30.9. The molecule has 0 bridgehead atoms. The Bertz CT molecular complexity index is 1180. The zero-order valence-electron chi connectivity index (χ0n) is 22.3. The Kier molecular flexibility index (Phi) is 9.69. The predicted molar refractivity (Wildman–Crippen MR) is 146 cm³/mol. The topological polar surface area (TPSA) is 30.9 Å². The van der Waals surface area contributed by atoms with Gasteiger partial charge in [0.25, 0.3) is 0 Å². The lowest BCUT2D eigenvalue weighted by molar-refractivity contribution is -0.275. The van der Waals surface area contributed by atoms with Crippen LogP contribution >= 0.6 is 12.6 Å². The van der Waals surface area contributed by atoms with E-state index in [0.717, 1.165) is 37.4 Å². The smallest absolute Gasteiger partial charge is 0.494 e. The average molecular weight is 600 g/mol. The van der Waals surface area contributed by atoms with E-state index in [1.165, 1.54) is 48.5 Å². The van der Waals surface area contributed by atoms with Crippen molar-refractivity contribution in [3.05, 3.63) is 89.5 Å². The van der Waals surface area contributed by atoms with E-state index in [1.807, 2.05) is 31.2 Å². The number of benzene rings is 3. The highest BCUT2D eigenvalue weighted by molar-refractivity contribution is 7.81. The van der Waals surface area contributed by atoms with Crippen LogP contribution in [0.3, 0.4) is 0 Å². The molecule has 11 heteroatoms. The maximum atomic E-state index is 12.7. The number of nitrogens with zero attached hydrogens (tertiary/aromatic N) is 1. The fraction of sp³-hybridized carbons (Fsp3) is 0.400. The van der Waals surface area contributed by atoms with Crippen LogP contribution in [0.5, 0.6) is 17.2 Å². The van der Waals surface area contributed by atoms with Crippen molar-refractivity contribution in [1.82, 2.24) is 4.90 Å². The van der Waals surface area contributed by atoms with E-state index in [4.69, 9.17) is 17.4 Å². The lowest BCUT2D eigenvalue weighted by Gasteiger charge is -2.43. The monoisotopic (exact) mass is 599 g/mol. The van der Waals surface area contributed by atoms with Gasteiger partial charge in [-0.25, -0.2) is 0 Å². The summed E-state index contributed by atoms with van der Waals surface area (Å²) in [6, 6.07) is 18.9. The molecule has 0 aromatic heterocycles. The van der Waals surface area contributed by atoms with Crippen molar-refractivity contribution in [2.24, 2.45) is 5.92 Å². The van der Waals surface area contributed by atoms with Crippen LogP contribution in [0.15, 0.2) is 72.8 Å². The normalized spacial score (nSPS) is 15.5.